The molecule has 1 aromatic heterocycles. The first kappa shape index (κ1) is 15.7. The van der Waals surface area contributed by atoms with E-state index in [-0.39, 0.29) is 11.9 Å². The Morgan fingerprint density at radius 3 is 2.75 bits per heavy atom. The number of carboxylic acid groups (broad SMARTS) is 1. The molecule has 0 bridgehead atoms. The Bertz CT molecular complexity index is 900. The van der Waals surface area contributed by atoms with Gasteiger partial charge in [0.05, 0.1) is 17.4 Å². The number of amides is 1. The van der Waals surface area contributed by atoms with Gasteiger partial charge in [-0.3, -0.25) is 0 Å². The molecule has 0 fully saturated rings. The highest BCUT2D eigenvalue weighted by Gasteiger charge is 2.08. The van der Waals surface area contributed by atoms with Gasteiger partial charge in [-0.2, -0.15) is 5.10 Å². The van der Waals surface area contributed by atoms with Gasteiger partial charge in [0.2, 0.25) is 0 Å². The second kappa shape index (κ2) is 6.54. The van der Waals surface area contributed by atoms with Crippen molar-refractivity contribution in [2.24, 2.45) is 0 Å². The molecule has 6 heteroatoms. The van der Waals surface area contributed by atoms with Crippen molar-refractivity contribution in [3.05, 3.63) is 66.1 Å². The van der Waals surface area contributed by atoms with Crippen LogP contribution in [0, 0.1) is 5.82 Å². The lowest BCUT2D eigenvalue weighted by Gasteiger charge is -2.06. The quantitative estimate of drug-likeness (QED) is 0.766. The number of rotatable bonds is 4. The molecule has 1 heterocycles. The van der Waals surface area contributed by atoms with Gasteiger partial charge >= 0.3 is 6.09 Å². The number of fused-ring (bicyclic) bond motifs is 1. The van der Waals surface area contributed by atoms with E-state index < -0.39 is 6.09 Å². The fourth-order valence-corrected chi connectivity index (χ4v) is 2.50. The zero-order chi connectivity index (χ0) is 17.1. The van der Waals surface area contributed by atoms with E-state index in [1.54, 1.807) is 36.0 Å². The standard InChI is InChI=1S/C18H16FN3O2/c1-12(21-18(23)24)5-6-13-3-2-4-17-16(13)11-20-22(17)15-9-7-14(19)8-10-15/h2-12,21H,1H3,(H,23,24)/b6-5+. The van der Waals surface area contributed by atoms with Gasteiger partial charge in [0, 0.05) is 11.4 Å². The number of carbonyl (C=O) groups is 1. The van der Waals surface area contributed by atoms with E-state index in [9.17, 15) is 9.18 Å². The van der Waals surface area contributed by atoms with Crippen LogP contribution in [0.1, 0.15) is 12.5 Å². The molecule has 5 nitrogen and oxygen atoms in total. The van der Waals surface area contributed by atoms with Crippen molar-refractivity contribution < 1.29 is 14.3 Å². The zero-order valence-electron chi connectivity index (χ0n) is 13.0. The molecule has 0 saturated carbocycles. The third-order valence-corrected chi connectivity index (χ3v) is 3.63. The minimum absolute atomic E-state index is 0.293. The minimum Gasteiger partial charge on any atom is -0.465 e. The molecule has 3 rings (SSSR count). The highest BCUT2D eigenvalue weighted by atomic mass is 19.1. The van der Waals surface area contributed by atoms with E-state index in [4.69, 9.17) is 5.11 Å². The van der Waals surface area contributed by atoms with Gasteiger partial charge in [0.1, 0.15) is 5.82 Å². The lowest BCUT2D eigenvalue weighted by molar-refractivity contribution is 0.193. The Kier molecular flexibility index (Phi) is 4.29. The average Bonchev–Trinajstić information content (AvgIpc) is 2.97. The van der Waals surface area contributed by atoms with Gasteiger partial charge < -0.3 is 10.4 Å². The molecule has 0 aliphatic rings. The molecule has 24 heavy (non-hydrogen) atoms. The van der Waals surface area contributed by atoms with Crippen LogP contribution >= 0.6 is 0 Å². The van der Waals surface area contributed by atoms with Crippen LogP contribution in [0.3, 0.4) is 0 Å². The molecule has 0 spiro atoms. The number of aromatic nitrogens is 2. The van der Waals surface area contributed by atoms with Crippen LogP contribution in [0.5, 0.6) is 0 Å². The maximum atomic E-state index is 13.1. The second-order valence-electron chi connectivity index (χ2n) is 5.41. The summed E-state index contributed by atoms with van der Waals surface area (Å²) < 4.78 is 14.8. The summed E-state index contributed by atoms with van der Waals surface area (Å²) in [6, 6.07) is 11.6. The summed E-state index contributed by atoms with van der Waals surface area (Å²) in [4.78, 5) is 10.6. The van der Waals surface area contributed by atoms with Crippen molar-refractivity contribution >= 4 is 23.1 Å². The molecule has 0 saturated heterocycles. The van der Waals surface area contributed by atoms with E-state index in [1.807, 2.05) is 24.3 Å². The molecule has 122 valence electrons. The van der Waals surface area contributed by atoms with E-state index in [2.05, 4.69) is 10.4 Å². The fourth-order valence-electron chi connectivity index (χ4n) is 2.50. The van der Waals surface area contributed by atoms with Gasteiger partial charge in [-0.15, -0.1) is 0 Å². The summed E-state index contributed by atoms with van der Waals surface area (Å²) in [6.07, 6.45) is 4.32. The van der Waals surface area contributed by atoms with Crippen LogP contribution in [-0.2, 0) is 0 Å². The van der Waals surface area contributed by atoms with E-state index in [0.29, 0.717) is 0 Å². The first-order valence-electron chi connectivity index (χ1n) is 7.45. The van der Waals surface area contributed by atoms with Crippen LogP contribution in [0.15, 0.2) is 54.7 Å². The summed E-state index contributed by atoms with van der Waals surface area (Å²) in [6.45, 7) is 1.76. The van der Waals surface area contributed by atoms with Crippen molar-refractivity contribution in [3.63, 3.8) is 0 Å². The number of hydrogen-bond acceptors (Lipinski definition) is 2. The number of halogens is 1. The predicted octanol–water partition coefficient (Wildman–Crippen LogP) is 3.83. The van der Waals surface area contributed by atoms with Crippen LogP contribution in [0.4, 0.5) is 9.18 Å². The number of nitrogens with one attached hydrogen (secondary N) is 1. The Morgan fingerprint density at radius 2 is 2.04 bits per heavy atom. The topological polar surface area (TPSA) is 67.2 Å². The summed E-state index contributed by atoms with van der Waals surface area (Å²) in [7, 11) is 0. The van der Waals surface area contributed by atoms with Crippen LogP contribution in [0.2, 0.25) is 0 Å². The molecule has 1 unspecified atom stereocenters. The Hall–Kier alpha value is -3.15. The number of hydrogen-bond donors (Lipinski definition) is 2. The average molecular weight is 325 g/mol. The number of nitrogens with zero attached hydrogens (tertiary/aromatic N) is 2. The Labute approximate surface area is 138 Å². The molecular weight excluding hydrogens is 309 g/mol. The third-order valence-electron chi connectivity index (χ3n) is 3.63. The van der Waals surface area contributed by atoms with Crippen molar-refractivity contribution in [1.82, 2.24) is 15.1 Å². The normalized spacial score (nSPS) is 12.6. The van der Waals surface area contributed by atoms with Gasteiger partial charge in [0.25, 0.3) is 0 Å². The van der Waals surface area contributed by atoms with E-state index >= 15 is 0 Å². The smallest absolute Gasteiger partial charge is 0.405 e. The SMILES string of the molecule is CC(/C=C/c1cccc2c1cnn2-c1ccc(F)cc1)NC(=O)O. The fraction of sp³-hybridized carbons (Fsp3) is 0.111. The Morgan fingerprint density at radius 1 is 1.29 bits per heavy atom. The van der Waals surface area contributed by atoms with Crippen LogP contribution in [-0.4, -0.2) is 27.0 Å². The summed E-state index contributed by atoms with van der Waals surface area (Å²) in [5.74, 6) is -0.293. The lowest BCUT2D eigenvalue weighted by Crippen LogP contribution is -2.29. The monoisotopic (exact) mass is 325 g/mol. The first-order chi connectivity index (χ1) is 11.5. The van der Waals surface area contributed by atoms with Gasteiger partial charge in [-0.05, 0) is 42.8 Å². The lowest BCUT2D eigenvalue weighted by atomic mass is 10.1. The first-order valence-corrected chi connectivity index (χ1v) is 7.45. The molecule has 2 aromatic carbocycles. The molecule has 2 N–H and O–H groups in total. The largest absolute Gasteiger partial charge is 0.465 e. The molecule has 3 aromatic rings. The summed E-state index contributed by atoms with van der Waals surface area (Å²) in [5.41, 5.74) is 2.59. The maximum absolute atomic E-state index is 13.1. The second-order valence-corrected chi connectivity index (χ2v) is 5.41. The van der Waals surface area contributed by atoms with Crippen molar-refractivity contribution in [2.75, 3.05) is 0 Å². The summed E-state index contributed by atoms with van der Waals surface area (Å²) >= 11 is 0. The maximum Gasteiger partial charge on any atom is 0.405 e. The number of benzene rings is 2. The van der Waals surface area contributed by atoms with Gasteiger partial charge in [-0.1, -0.05) is 24.3 Å². The highest BCUT2D eigenvalue weighted by Crippen LogP contribution is 2.23. The van der Waals surface area contributed by atoms with Crippen molar-refractivity contribution in [1.29, 1.82) is 0 Å². The molecule has 0 aliphatic heterocycles. The molecule has 0 aliphatic carbocycles. The van der Waals surface area contributed by atoms with Crippen molar-refractivity contribution in [2.45, 2.75) is 13.0 Å². The highest BCUT2D eigenvalue weighted by molar-refractivity contribution is 5.89. The third kappa shape index (κ3) is 3.27. The van der Waals surface area contributed by atoms with Crippen LogP contribution < -0.4 is 5.32 Å². The minimum atomic E-state index is -1.06. The van der Waals surface area contributed by atoms with Gasteiger partial charge in [-0.25, -0.2) is 13.9 Å². The van der Waals surface area contributed by atoms with E-state index in [1.165, 1.54) is 12.1 Å². The summed E-state index contributed by atoms with van der Waals surface area (Å²) in [5, 5.41) is 16.4. The zero-order valence-corrected chi connectivity index (χ0v) is 13.0. The van der Waals surface area contributed by atoms with Crippen molar-refractivity contribution in [3.8, 4) is 5.69 Å². The molecule has 1 amide bonds. The molecular formula is C18H16FN3O2. The molecule has 1 atom stereocenters. The Balaban J connectivity index is 1.96. The van der Waals surface area contributed by atoms with Crippen LogP contribution in [0.25, 0.3) is 22.7 Å². The molecule has 0 radical (unpaired) electrons. The van der Waals surface area contributed by atoms with Gasteiger partial charge in [0.15, 0.2) is 0 Å². The predicted molar refractivity (Wildman–Crippen MR) is 90.7 cm³/mol. The van der Waals surface area contributed by atoms with E-state index in [0.717, 1.165) is 22.2 Å².